The van der Waals surface area contributed by atoms with Crippen molar-refractivity contribution < 1.29 is 19.0 Å². The summed E-state index contributed by atoms with van der Waals surface area (Å²) in [5.74, 6) is 0. The molecule has 6 heteroatoms. The number of piperidine rings is 1. The molecule has 0 atom stereocenters. The number of hydrogen-bond donors (Lipinski definition) is 0. The first kappa shape index (κ1) is 18.0. The van der Waals surface area contributed by atoms with E-state index in [1.54, 1.807) is 12.0 Å². The van der Waals surface area contributed by atoms with Crippen LogP contribution in [-0.2, 0) is 14.2 Å². The van der Waals surface area contributed by atoms with E-state index in [-0.39, 0.29) is 11.7 Å². The van der Waals surface area contributed by atoms with Gasteiger partial charge in [0, 0.05) is 24.6 Å². The third-order valence-corrected chi connectivity index (χ3v) is 4.66. The van der Waals surface area contributed by atoms with Gasteiger partial charge in [-0.05, 0) is 33.6 Å². The second-order valence-corrected chi connectivity index (χ2v) is 6.89. The Morgan fingerprint density at radius 1 is 1.25 bits per heavy atom. The summed E-state index contributed by atoms with van der Waals surface area (Å²) in [5.41, 5.74) is -0.568. The monoisotopic (exact) mass is 399 g/mol. The van der Waals surface area contributed by atoms with Crippen molar-refractivity contribution in [3.8, 4) is 0 Å². The van der Waals surface area contributed by atoms with E-state index in [1.165, 1.54) is 0 Å². The highest BCUT2D eigenvalue weighted by atomic mass is 127. The number of halogens is 1. The zero-order chi connectivity index (χ0) is 15.2. The summed E-state index contributed by atoms with van der Waals surface area (Å²) < 4.78 is 17.3. The maximum absolute atomic E-state index is 12.0. The molecule has 5 nitrogen and oxygen atoms in total. The highest BCUT2D eigenvalue weighted by molar-refractivity contribution is 14.1. The van der Waals surface area contributed by atoms with Crippen molar-refractivity contribution in [1.29, 1.82) is 0 Å². The minimum absolute atomic E-state index is 0.127. The van der Waals surface area contributed by atoms with Crippen molar-refractivity contribution in [3.63, 3.8) is 0 Å². The molecule has 0 aromatic heterocycles. The van der Waals surface area contributed by atoms with Gasteiger partial charge in [0.15, 0.2) is 0 Å². The smallest absolute Gasteiger partial charge is 0.410 e. The molecule has 0 unspecified atom stereocenters. The Labute approximate surface area is 135 Å². The number of likely N-dealkylation sites (tertiary alicyclic amines) is 1. The summed E-state index contributed by atoms with van der Waals surface area (Å²) in [6.45, 7) is 8.24. The van der Waals surface area contributed by atoms with Crippen LogP contribution in [0.1, 0.15) is 33.6 Å². The van der Waals surface area contributed by atoms with E-state index in [4.69, 9.17) is 14.2 Å². The molecule has 0 spiro atoms. The molecule has 20 heavy (non-hydrogen) atoms. The van der Waals surface area contributed by atoms with Gasteiger partial charge in [0.05, 0.1) is 18.8 Å². The number of carbonyl (C=O) groups excluding carboxylic acids is 1. The molecule has 1 aliphatic rings. The molecule has 1 saturated heterocycles. The largest absolute Gasteiger partial charge is 0.444 e. The molecule has 0 radical (unpaired) electrons. The van der Waals surface area contributed by atoms with Crippen LogP contribution < -0.4 is 0 Å². The fourth-order valence-electron chi connectivity index (χ4n) is 2.08. The van der Waals surface area contributed by atoms with E-state index < -0.39 is 5.60 Å². The molecule has 0 aromatic carbocycles. The molecule has 1 fully saturated rings. The van der Waals surface area contributed by atoms with Crippen LogP contribution in [0.15, 0.2) is 0 Å². The van der Waals surface area contributed by atoms with Gasteiger partial charge in [-0.15, -0.1) is 0 Å². The van der Waals surface area contributed by atoms with Crippen LogP contribution in [0, 0.1) is 0 Å². The molecule has 1 aliphatic heterocycles. The van der Waals surface area contributed by atoms with Crippen molar-refractivity contribution in [1.82, 2.24) is 4.90 Å². The topological polar surface area (TPSA) is 48.0 Å². The lowest BCUT2D eigenvalue weighted by Gasteiger charge is -2.40. The molecule has 1 rings (SSSR count). The first-order valence-electron chi connectivity index (χ1n) is 6.99. The summed E-state index contributed by atoms with van der Waals surface area (Å²) in [5, 5.41) is 0. The lowest BCUT2D eigenvalue weighted by Crippen LogP contribution is -2.50. The fraction of sp³-hybridized carbons (Fsp3) is 0.929. The molecular weight excluding hydrogens is 373 g/mol. The van der Waals surface area contributed by atoms with Crippen LogP contribution in [0.3, 0.4) is 0 Å². The third-order valence-electron chi connectivity index (χ3n) is 3.27. The van der Waals surface area contributed by atoms with Crippen LogP contribution in [0.4, 0.5) is 4.79 Å². The highest BCUT2D eigenvalue weighted by Crippen LogP contribution is 2.29. The summed E-state index contributed by atoms with van der Waals surface area (Å²) in [6.07, 6.45) is 1.47. The SMILES string of the molecule is COCCOC1(CI)CCN(C(=O)OC(C)(C)C)CC1. The van der Waals surface area contributed by atoms with E-state index in [0.29, 0.717) is 26.3 Å². The third kappa shape index (κ3) is 5.73. The van der Waals surface area contributed by atoms with Gasteiger partial charge in [-0.2, -0.15) is 0 Å². The average Bonchev–Trinajstić information content (AvgIpc) is 2.38. The van der Waals surface area contributed by atoms with Gasteiger partial charge in [0.2, 0.25) is 0 Å². The number of methoxy groups -OCH3 is 1. The first-order valence-corrected chi connectivity index (χ1v) is 8.51. The van der Waals surface area contributed by atoms with Crippen LogP contribution >= 0.6 is 22.6 Å². The standard InChI is InChI=1S/C14H26INO4/c1-13(2,3)20-12(17)16-7-5-14(11-15,6-8-16)19-10-9-18-4/h5-11H2,1-4H3. The Balaban J connectivity index is 2.46. The molecule has 0 aromatic rings. The van der Waals surface area contributed by atoms with Gasteiger partial charge in [-0.1, -0.05) is 22.6 Å². The summed E-state index contributed by atoms with van der Waals surface area (Å²) in [4.78, 5) is 13.8. The van der Waals surface area contributed by atoms with Gasteiger partial charge in [0.1, 0.15) is 5.60 Å². The molecule has 0 saturated carbocycles. The van der Waals surface area contributed by atoms with Gasteiger partial charge >= 0.3 is 6.09 Å². The van der Waals surface area contributed by atoms with Crippen LogP contribution in [0.5, 0.6) is 0 Å². The first-order chi connectivity index (χ1) is 9.32. The molecule has 118 valence electrons. The van der Waals surface area contributed by atoms with Crippen molar-refractivity contribution >= 4 is 28.7 Å². The highest BCUT2D eigenvalue weighted by Gasteiger charge is 2.37. The van der Waals surface area contributed by atoms with Crippen molar-refractivity contribution in [2.75, 3.05) is 37.8 Å². The molecular formula is C14H26INO4. The molecule has 0 N–H and O–H groups in total. The molecule has 1 amide bonds. The Kier molecular flexibility index (Phi) is 7.00. The fourth-order valence-corrected chi connectivity index (χ4v) is 3.06. The number of rotatable bonds is 5. The quantitative estimate of drug-likeness (QED) is 0.405. The minimum Gasteiger partial charge on any atom is -0.444 e. The van der Waals surface area contributed by atoms with Crippen LogP contribution in [0.25, 0.3) is 0 Å². The van der Waals surface area contributed by atoms with Gasteiger partial charge in [-0.3, -0.25) is 0 Å². The molecule has 0 aliphatic carbocycles. The van der Waals surface area contributed by atoms with Crippen LogP contribution in [-0.4, -0.2) is 60.0 Å². The van der Waals surface area contributed by atoms with Gasteiger partial charge in [0.25, 0.3) is 0 Å². The summed E-state index contributed by atoms with van der Waals surface area (Å²) >= 11 is 2.36. The predicted molar refractivity (Wildman–Crippen MR) is 86.5 cm³/mol. The van der Waals surface area contributed by atoms with Gasteiger partial charge in [-0.25, -0.2) is 4.79 Å². The van der Waals surface area contributed by atoms with E-state index in [2.05, 4.69) is 22.6 Å². The summed E-state index contributed by atoms with van der Waals surface area (Å²) in [6, 6.07) is 0. The Morgan fingerprint density at radius 3 is 2.30 bits per heavy atom. The van der Waals surface area contributed by atoms with E-state index in [1.807, 2.05) is 20.8 Å². The van der Waals surface area contributed by atoms with Crippen molar-refractivity contribution in [3.05, 3.63) is 0 Å². The van der Waals surface area contributed by atoms with Crippen molar-refractivity contribution in [2.24, 2.45) is 0 Å². The number of nitrogens with zero attached hydrogens (tertiary/aromatic N) is 1. The number of carbonyl (C=O) groups is 1. The maximum atomic E-state index is 12.0. The lowest BCUT2D eigenvalue weighted by atomic mass is 9.93. The summed E-state index contributed by atoms with van der Waals surface area (Å²) in [7, 11) is 1.67. The second-order valence-electron chi connectivity index (χ2n) is 6.13. The van der Waals surface area contributed by atoms with E-state index >= 15 is 0 Å². The Morgan fingerprint density at radius 2 is 1.85 bits per heavy atom. The maximum Gasteiger partial charge on any atom is 0.410 e. The lowest BCUT2D eigenvalue weighted by molar-refractivity contribution is -0.0796. The van der Waals surface area contributed by atoms with E-state index in [9.17, 15) is 4.79 Å². The molecule has 0 bridgehead atoms. The van der Waals surface area contributed by atoms with E-state index in [0.717, 1.165) is 17.3 Å². The molecule has 1 heterocycles. The normalized spacial score (nSPS) is 18.9. The Bertz CT molecular complexity index is 309. The number of alkyl halides is 1. The second kappa shape index (κ2) is 7.79. The van der Waals surface area contributed by atoms with Crippen molar-refractivity contribution in [2.45, 2.75) is 44.8 Å². The zero-order valence-corrected chi connectivity index (χ0v) is 15.1. The Hall–Kier alpha value is -0.0800. The number of ether oxygens (including phenoxy) is 3. The van der Waals surface area contributed by atoms with Gasteiger partial charge < -0.3 is 19.1 Å². The predicted octanol–water partition coefficient (Wildman–Crippen LogP) is 2.85. The number of hydrogen-bond acceptors (Lipinski definition) is 4. The minimum atomic E-state index is -0.441. The zero-order valence-electron chi connectivity index (χ0n) is 12.9. The average molecular weight is 399 g/mol. The van der Waals surface area contributed by atoms with Crippen LogP contribution in [0.2, 0.25) is 0 Å². The number of amides is 1.